The molecule has 2 fully saturated rings. The zero-order valence-electron chi connectivity index (χ0n) is 18.0. The summed E-state index contributed by atoms with van der Waals surface area (Å²) in [6.07, 6.45) is 2.65. The third-order valence-corrected chi connectivity index (χ3v) is 6.13. The topological polar surface area (TPSA) is 197 Å². The van der Waals surface area contributed by atoms with Crippen LogP contribution in [0.3, 0.4) is 0 Å². The number of amides is 3. The predicted molar refractivity (Wildman–Crippen MR) is 121 cm³/mol. The highest BCUT2D eigenvalue weighted by Crippen LogP contribution is 2.22. The first-order valence-corrected chi connectivity index (χ1v) is 11.4. The molecule has 2 rings (SSSR count). The second kappa shape index (κ2) is 11.9. The monoisotopic (exact) mass is 471 g/mol. The van der Waals surface area contributed by atoms with Crippen LogP contribution in [0.5, 0.6) is 0 Å². The van der Waals surface area contributed by atoms with Crippen molar-refractivity contribution >= 4 is 42.3 Å². The van der Waals surface area contributed by atoms with Crippen molar-refractivity contribution in [3.8, 4) is 0 Å². The van der Waals surface area contributed by atoms with Gasteiger partial charge < -0.3 is 37.4 Å². The number of guanidine groups is 1. The largest absolute Gasteiger partial charge is 0.480 e. The van der Waals surface area contributed by atoms with Gasteiger partial charge in [-0.25, -0.2) is 4.79 Å². The predicted octanol–water partition coefficient (Wildman–Crippen LogP) is -2.15. The molecule has 0 aromatic rings. The van der Waals surface area contributed by atoms with Crippen LogP contribution in [0.25, 0.3) is 0 Å². The highest BCUT2D eigenvalue weighted by atomic mass is 32.1. The number of carboxylic acids is 1. The number of aliphatic carboxylic acids is 1. The van der Waals surface area contributed by atoms with Gasteiger partial charge in [-0.2, -0.15) is 12.6 Å². The summed E-state index contributed by atoms with van der Waals surface area (Å²) in [5, 5.41) is 12.2. The fourth-order valence-electron chi connectivity index (χ4n) is 4.11. The molecule has 0 radical (unpaired) electrons. The van der Waals surface area contributed by atoms with Gasteiger partial charge in [0, 0.05) is 25.4 Å². The number of carbonyl (C=O) groups excluding carboxylic acids is 3. The van der Waals surface area contributed by atoms with Crippen LogP contribution in [0.15, 0.2) is 4.99 Å². The van der Waals surface area contributed by atoms with Crippen molar-refractivity contribution < 1.29 is 24.3 Å². The zero-order chi connectivity index (χ0) is 23.8. The second-order valence-electron chi connectivity index (χ2n) is 8.02. The molecule has 12 nitrogen and oxygen atoms in total. The Morgan fingerprint density at radius 3 is 2.22 bits per heavy atom. The van der Waals surface area contributed by atoms with E-state index < -0.39 is 42.0 Å². The van der Waals surface area contributed by atoms with Crippen molar-refractivity contribution in [1.29, 1.82) is 0 Å². The zero-order valence-corrected chi connectivity index (χ0v) is 18.9. The van der Waals surface area contributed by atoms with E-state index in [1.54, 1.807) is 0 Å². The lowest BCUT2D eigenvalue weighted by atomic mass is 10.1. The lowest BCUT2D eigenvalue weighted by molar-refractivity contribution is -0.149. The highest BCUT2D eigenvalue weighted by Gasteiger charge is 2.40. The number of likely N-dealkylation sites (tertiary alicyclic amines) is 2. The first kappa shape index (κ1) is 25.7. The van der Waals surface area contributed by atoms with Gasteiger partial charge >= 0.3 is 5.97 Å². The Morgan fingerprint density at radius 2 is 1.66 bits per heavy atom. The lowest BCUT2D eigenvalue weighted by Crippen LogP contribution is -2.56. The minimum atomic E-state index is -1.07. The Balaban J connectivity index is 2.13. The summed E-state index contributed by atoms with van der Waals surface area (Å²) in [4.78, 5) is 56.8. The Hall–Kier alpha value is -2.54. The van der Waals surface area contributed by atoms with Crippen LogP contribution in [0.4, 0.5) is 0 Å². The highest BCUT2D eigenvalue weighted by molar-refractivity contribution is 7.80. The molecule has 2 aliphatic heterocycles. The molecule has 2 aliphatic rings. The van der Waals surface area contributed by atoms with Crippen molar-refractivity contribution in [3.05, 3.63) is 0 Å². The maximum atomic E-state index is 13.2. The Morgan fingerprint density at radius 1 is 1.06 bits per heavy atom. The molecule has 0 spiro atoms. The molecular formula is C19H33N7O5S. The van der Waals surface area contributed by atoms with Crippen LogP contribution in [0.1, 0.15) is 38.5 Å². The van der Waals surface area contributed by atoms with Crippen LogP contribution >= 0.6 is 12.6 Å². The molecule has 3 amide bonds. The summed E-state index contributed by atoms with van der Waals surface area (Å²) in [6.45, 7) is 0.963. The number of hydrogen-bond acceptors (Lipinski definition) is 7. The van der Waals surface area contributed by atoms with Crippen LogP contribution in [0, 0.1) is 0 Å². The number of carbonyl (C=O) groups is 4. The molecule has 2 heterocycles. The van der Waals surface area contributed by atoms with E-state index in [0.717, 1.165) is 0 Å². The SMILES string of the molecule is NC(N)=NCCCC(NC(=O)C1CCCN1C(=O)C(N)CS)C(=O)N1CCCC1C(=O)O. The van der Waals surface area contributed by atoms with Gasteiger partial charge in [-0.1, -0.05) is 0 Å². The number of rotatable bonds is 10. The number of aliphatic imine (C=N–C) groups is 1. The number of nitrogens with zero attached hydrogens (tertiary/aromatic N) is 3. The van der Waals surface area contributed by atoms with E-state index in [0.29, 0.717) is 45.2 Å². The van der Waals surface area contributed by atoms with Gasteiger partial charge in [-0.05, 0) is 38.5 Å². The maximum Gasteiger partial charge on any atom is 0.326 e. The van der Waals surface area contributed by atoms with Gasteiger partial charge in [0.2, 0.25) is 17.7 Å². The summed E-state index contributed by atoms with van der Waals surface area (Å²) in [7, 11) is 0. The summed E-state index contributed by atoms with van der Waals surface area (Å²) in [5.74, 6) is -2.29. The summed E-state index contributed by atoms with van der Waals surface area (Å²) >= 11 is 4.05. The first-order chi connectivity index (χ1) is 15.2. The minimum absolute atomic E-state index is 0.0805. The van der Waals surface area contributed by atoms with Gasteiger partial charge in [-0.15, -0.1) is 0 Å². The molecule has 0 bridgehead atoms. The number of carboxylic acid groups (broad SMARTS) is 1. The molecule has 0 aromatic heterocycles. The summed E-state index contributed by atoms with van der Waals surface area (Å²) < 4.78 is 0. The van der Waals surface area contributed by atoms with Gasteiger partial charge in [-0.3, -0.25) is 19.4 Å². The average Bonchev–Trinajstić information content (AvgIpc) is 3.43. The van der Waals surface area contributed by atoms with E-state index in [4.69, 9.17) is 17.2 Å². The summed E-state index contributed by atoms with van der Waals surface area (Å²) in [5.41, 5.74) is 16.4. The molecule has 32 heavy (non-hydrogen) atoms. The van der Waals surface area contributed by atoms with E-state index in [-0.39, 0.29) is 30.6 Å². The number of thiol groups is 1. The molecule has 0 aromatic carbocycles. The molecule has 4 unspecified atom stereocenters. The minimum Gasteiger partial charge on any atom is -0.480 e. The van der Waals surface area contributed by atoms with E-state index in [1.807, 2.05) is 0 Å². The van der Waals surface area contributed by atoms with E-state index in [1.165, 1.54) is 9.80 Å². The van der Waals surface area contributed by atoms with E-state index in [2.05, 4.69) is 22.9 Å². The molecule has 0 aliphatic carbocycles. The molecular weight excluding hydrogens is 438 g/mol. The van der Waals surface area contributed by atoms with Crippen LogP contribution in [0.2, 0.25) is 0 Å². The van der Waals surface area contributed by atoms with Crippen molar-refractivity contribution in [3.63, 3.8) is 0 Å². The van der Waals surface area contributed by atoms with Crippen molar-refractivity contribution in [2.75, 3.05) is 25.4 Å². The molecule has 13 heteroatoms. The fourth-order valence-corrected chi connectivity index (χ4v) is 4.27. The normalized spacial score (nSPS) is 22.3. The van der Waals surface area contributed by atoms with Gasteiger partial charge in [0.15, 0.2) is 5.96 Å². The van der Waals surface area contributed by atoms with Gasteiger partial charge in [0.25, 0.3) is 0 Å². The van der Waals surface area contributed by atoms with Crippen LogP contribution in [-0.2, 0) is 19.2 Å². The Labute approximate surface area is 192 Å². The number of hydrogen-bond donors (Lipinski definition) is 6. The third kappa shape index (κ3) is 6.48. The van der Waals surface area contributed by atoms with Crippen molar-refractivity contribution in [2.45, 2.75) is 62.7 Å². The summed E-state index contributed by atoms with van der Waals surface area (Å²) in [6, 6.07) is -3.43. The number of nitrogens with one attached hydrogen (secondary N) is 1. The van der Waals surface area contributed by atoms with Crippen molar-refractivity contribution in [1.82, 2.24) is 15.1 Å². The van der Waals surface area contributed by atoms with Crippen LogP contribution in [-0.4, -0.2) is 94.1 Å². The average molecular weight is 472 g/mol. The van der Waals surface area contributed by atoms with E-state index in [9.17, 15) is 24.3 Å². The molecule has 8 N–H and O–H groups in total. The smallest absolute Gasteiger partial charge is 0.326 e. The second-order valence-corrected chi connectivity index (χ2v) is 8.38. The van der Waals surface area contributed by atoms with Crippen molar-refractivity contribution in [2.24, 2.45) is 22.2 Å². The molecule has 0 saturated carbocycles. The van der Waals surface area contributed by atoms with E-state index >= 15 is 0 Å². The maximum absolute atomic E-state index is 13.2. The first-order valence-electron chi connectivity index (χ1n) is 10.7. The third-order valence-electron chi connectivity index (χ3n) is 5.73. The molecule has 4 atom stereocenters. The molecule has 2 saturated heterocycles. The van der Waals surface area contributed by atoms with Gasteiger partial charge in [0.05, 0.1) is 6.04 Å². The quantitative estimate of drug-likeness (QED) is 0.0896. The van der Waals surface area contributed by atoms with Crippen LogP contribution < -0.4 is 22.5 Å². The van der Waals surface area contributed by atoms with Gasteiger partial charge in [0.1, 0.15) is 18.1 Å². The Kier molecular flexibility index (Phi) is 9.57. The lowest BCUT2D eigenvalue weighted by Gasteiger charge is -2.30. The fraction of sp³-hybridized carbons (Fsp3) is 0.737. The Bertz CT molecular complexity index is 746. The number of nitrogens with two attached hydrogens (primary N) is 3. The molecule has 180 valence electrons. The standard InChI is InChI=1S/C19H33N7O5S/c20-11(10-32)16(28)25-8-2-5-13(25)15(27)24-12(4-1-7-23-19(21)22)17(29)26-9-3-6-14(26)18(30)31/h11-14,32H,1-10,20H2,(H,24,27)(H,30,31)(H4,21,22,23).